The molecular formula is C18H17FN2O. The normalized spacial score (nSPS) is 21.4. The maximum Gasteiger partial charge on any atom is 0.124 e. The number of anilines is 1. The summed E-state index contributed by atoms with van der Waals surface area (Å²) in [5, 5.41) is 9.25. The van der Waals surface area contributed by atoms with Gasteiger partial charge in [0, 0.05) is 13.1 Å². The van der Waals surface area contributed by atoms with E-state index in [0.29, 0.717) is 18.7 Å². The molecule has 4 heteroatoms. The number of nitrogens with zero attached hydrogens (tertiary/aromatic N) is 2. The largest absolute Gasteiger partial charge is 0.367 e. The number of halogens is 1. The van der Waals surface area contributed by atoms with Crippen LogP contribution in [0.2, 0.25) is 0 Å². The average Bonchev–Trinajstić information content (AvgIpc) is 2.55. The van der Waals surface area contributed by atoms with Gasteiger partial charge in [-0.3, -0.25) is 0 Å². The summed E-state index contributed by atoms with van der Waals surface area (Å²) in [6.45, 7) is 3.34. The van der Waals surface area contributed by atoms with Gasteiger partial charge in [0.1, 0.15) is 18.0 Å². The molecule has 1 aliphatic rings. The minimum atomic E-state index is -0.388. The Morgan fingerprint density at radius 2 is 1.95 bits per heavy atom. The topological polar surface area (TPSA) is 36.3 Å². The van der Waals surface area contributed by atoms with Crippen LogP contribution in [-0.2, 0) is 4.74 Å². The zero-order valence-electron chi connectivity index (χ0n) is 12.4. The first-order chi connectivity index (χ1) is 10.7. The van der Waals surface area contributed by atoms with Gasteiger partial charge in [0.2, 0.25) is 0 Å². The summed E-state index contributed by atoms with van der Waals surface area (Å²) in [6, 6.07) is 16.5. The molecule has 2 aromatic carbocycles. The van der Waals surface area contributed by atoms with Gasteiger partial charge >= 0.3 is 0 Å². The van der Waals surface area contributed by atoms with Crippen molar-refractivity contribution in [2.75, 3.05) is 18.0 Å². The first-order valence-corrected chi connectivity index (χ1v) is 7.32. The standard InChI is InChI=1S/C18H17FN2O/c1-13-11-21(17-8-7-16(19)9-15(17)10-20)12-18(22-13)14-5-3-2-4-6-14/h2-9,13,18H,11-12H2,1H3. The van der Waals surface area contributed by atoms with Gasteiger partial charge in [0.05, 0.1) is 17.4 Å². The number of benzene rings is 2. The molecule has 0 N–H and O–H groups in total. The van der Waals surface area contributed by atoms with Crippen molar-refractivity contribution in [1.82, 2.24) is 0 Å². The predicted octanol–water partition coefficient (Wildman–Crippen LogP) is 3.66. The van der Waals surface area contributed by atoms with E-state index in [1.165, 1.54) is 12.1 Å². The number of morpholine rings is 1. The summed E-state index contributed by atoms with van der Waals surface area (Å²) in [6.07, 6.45) is -0.0166. The number of rotatable bonds is 2. The van der Waals surface area contributed by atoms with Gasteiger partial charge in [-0.15, -0.1) is 0 Å². The lowest BCUT2D eigenvalue weighted by atomic mass is 10.0. The predicted molar refractivity (Wildman–Crippen MR) is 83.1 cm³/mol. The fourth-order valence-corrected chi connectivity index (χ4v) is 2.87. The number of nitriles is 1. The summed E-state index contributed by atoms with van der Waals surface area (Å²) >= 11 is 0. The number of ether oxygens (including phenoxy) is 1. The zero-order chi connectivity index (χ0) is 15.5. The molecule has 1 aliphatic heterocycles. The highest BCUT2D eigenvalue weighted by atomic mass is 19.1. The van der Waals surface area contributed by atoms with Gasteiger partial charge in [0.15, 0.2) is 0 Å². The van der Waals surface area contributed by atoms with E-state index in [9.17, 15) is 9.65 Å². The van der Waals surface area contributed by atoms with E-state index in [0.717, 1.165) is 11.3 Å². The molecule has 2 atom stereocenters. The maximum atomic E-state index is 13.3. The molecule has 0 aliphatic carbocycles. The lowest BCUT2D eigenvalue weighted by molar-refractivity contribution is -0.0173. The second-order valence-electron chi connectivity index (χ2n) is 5.52. The second-order valence-corrected chi connectivity index (χ2v) is 5.52. The van der Waals surface area contributed by atoms with Gasteiger partial charge < -0.3 is 9.64 Å². The summed E-state index contributed by atoms with van der Waals surface area (Å²) in [4.78, 5) is 2.10. The smallest absolute Gasteiger partial charge is 0.124 e. The highest BCUT2D eigenvalue weighted by Crippen LogP contribution is 2.30. The summed E-state index contributed by atoms with van der Waals surface area (Å²) in [5.41, 5.74) is 2.24. The van der Waals surface area contributed by atoms with Crippen LogP contribution in [0.15, 0.2) is 48.5 Å². The van der Waals surface area contributed by atoms with E-state index < -0.39 is 0 Å². The van der Waals surface area contributed by atoms with Crippen LogP contribution in [0.5, 0.6) is 0 Å². The Morgan fingerprint density at radius 1 is 1.18 bits per heavy atom. The van der Waals surface area contributed by atoms with E-state index in [2.05, 4.69) is 11.0 Å². The Labute approximate surface area is 129 Å². The van der Waals surface area contributed by atoms with Crippen LogP contribution in [0.3, 0.4) is 0 Å². The molecule has 3 nitrogen and oxygen atoms in total. The zero-order valence-corrected chi connectivity index (χ0v) is 12.4. The summed E-state index contributed by atoms with van der Waals surface area (Å²) < 4.78 is 19.3. The molecule has 1 fully saturated rings. The van der Waals surface area contributed by atoms with Gasteiger partial charge in [-0.2, -0.15) is 5.26 Å². The van der Waals surface area contributed by atoms with Crippen molar-refractivity contribution in [2.45, 2.75) is 19.1 Å². The van der Waals surface area contributed by atoms with E-state index >= 15 is 0 Å². The van der Waals surface area contributed by atoms with Crippen molar-refractivity contribution in [1.29, 1.82) is 5.26 Å². The minimum Gasteiger partial charge on any atom is -0.367 e. The maximum absolute atomic E-state index is 13.3. The Kier molecular flexibility index (Phi) is 4.08. The lowest BCUT2D eigenvalue weighted by Crippen LogP contribution is -2.43. The molecule has 0 spiro atoms. The van der Waals surface area contributed by atoms with Gasteiger partial charge in [-0.1, -0.05) is 30.3 Å². The number of hydrogen-bond acceptors (Lipinski definition) is 3. The SMILES string of the molecule is CC1CN(c2ccc(F)cc2C#N)CC(c2ccccc2)O1. The molecule has 0 saturated carbocycles. The van der Waals surface area contributed by atoms with Gasteiger partial charge in [0.25, 0.3) is 0 Å². The van der Waals surface area contributed by atoms with Crippen molar-refractivity contribution >= 4 is 5.69 Å². The monoisotopic (exact) mass is 296 g/mol. The van der Waals surface area contributed by atoms with Crippen molar-refractivity contribution in [2.24, 2.45) is 0 Å². The summed E-state index contributed by atoms with van der Waals surface area (Å²) in [5.74, 6) is -0.388. The minimum absolute atomic E-state index is 0.0375. The molecule has 1 heterocycles. The Morgan fingerprint density at radius 3 is 2.68 bits per heavy atom. The van der Waals surface area contributed by atoms with E-state index in [-0.39, 0.29) is 18.0 Å². The van der Waals surface area contributed by atoms with Crippen LogP contribution in [0.4, 0.5) is 10.1 Å². The molecule has 22 heavy (non-hydrogen) atoms. The van der Waals surface area contributed by atoms with Crippen molar-refractivity contribution in [3.63, 3.8) is 0 Å². The van der Waals surface area contributed by atoms with Crippen molar-refractivity contribution in [3.8, 4) is 6.07 Å². The van der Waals surface area contributed by atoms with Crippen LogP contribution in [0.25, 0.3) is 0 Å². The first kappa shape index (κ1) is 14.6. The molecule has 0 amide bonds. The molecule has 112 valence electrons. The first-order valence-electron chi connectivity index (χ1n) is 7.32. The lowest BCUT2D eigenvalue weighted by Gasteiger charge is -2.38. The molecular weight excluding hydrogens is 279 g/mol. The van der Waals surface area contributed by atoms with E-state index in [4.69, 9.17) is 4.74 Å². The third kappa shape index (κ3) is 2.95. The van der Waals surface area contributed by atoms with Crippen molar-refractivity contribution < 1.29 is 9.13 Å². The summed E-state index contributed by atoms with van der Waals surface area (Å²) in [7, 11) is 0. The third-order valence-electron chi connectivity index (χ3n) is 3.85. The van der Waals surface area contributed by atoms with Crippen LogP contribution < -0.4 is 4.90 Å². The van der Waals surface area contributed by atoms with Crippen LogP contribution in [0.1, 0.15) is 24.2 Å². The van der Waals surface area contributed by atoms with Crippen LogP contribution >= 0.6 is 0 Å². The highest BCUT2D eigenvalue weighted by Gasteiger charge is 2.27. The fraction of sp³-hybridized carbons (Fsp3) is 0.278. The van der Waals surface area contributed by atoms with Crippen LogP contribution in [0, 0.1) is 17.1 Å². The molecule has 0 radical (unpaired) electrons. The quantitative estimate of drug-likeness (QED) is 0.848. The second kappa shape index (κ2) is 6.17. The van der Waals surface area contributed by atoms with Crippen LogP contribution in [-0.4, -0.2) is 19.2 Å². The molecule has 0 bridgehead atoms. The molecule has 2 unspecified atom stereocenters. The number of hydrogen-bond donors (Lipinski definition) is 0. The third-order valence-corrected chi connectivity index (χ3v) is 3.85. The van der Waals surface area contributed by atoms with E-state index in [1.54, 1.807) is 6.07 Å². The van der Waals surface area contributed by atoms with Crippen molar-refractivity contribution in [3.05, 3.63) is 65.5 Å². The van der Waals surface area contributed by atoms with E-state index in [1.807, 2.05) is 37.3 Å². The Bertz CT molecular complexity index is 696. The molecule has 1 saturated heterocycles. The molecule has 3 rings (SSSR count). The van der Waals surface area contributed by atoms with Gasteiger partial charge in [-0.05, 0) is 30.7 Å². The highest BCUT2D eigenvalue weighted by molar-refractivity contribution is 5.60. The Balaban J connectivity index is 1.90. The average molecular weight is 296 g/mol. The van der Waals surface area contributed by atoms with Gasteiger partial charge in [-0.25, -0.2) is 4.39 Å². The Hall–Kier alpha value is -2.38. The fourth-order valence-electron chi connectivity index (χ4n) is 2.87. The molecule has 2 aromatic rings. The molecule has 0 aromatic heterocycles.